The van der Waals surface area contributed by atoms with E-state index in [1.807, 2.05) is 56.3 Å². The number of rotatable bonds is 6. The molecule has 0 atom stereocenters. The molecule has 206 valence electrons. The number of anilines is 2. The van der Waals surface area contributed by atoms with Crippen LogP contribution in [0.3, 0.4) is 0 Å². The maximum Gasteiger partial charge on any atom is 0.248 e. The molecule has 0 bridgehead atoms. The number of nitrogens with one attached hydrogen (secondary N) is 1. The number of benzene rings is 2. The number of para-hydroxylation sites is 1. The quantitative estimate of drug-likeness (QED) is 0.504. The van der Waals surface area contributed by atoms with Crippen LogP contribution in [0.25, 0.3) is 0 Å². The van der Waals surface area contributed by atoms with Crippen LogP contribution < -0.4 is 10.2 Å². The van der Waals surface area contributed by atoms with E-state index < -0.39 is 10.0 Å². The smallest absolute Gasteiger partial charge is 0.248 e. The Hall–Kier alpha value is -3.50. The van der Waals surface area contributed by atoms with Crippen LogP contribution in [0.4, 0.5) is 11.4 Å². The molecule has 2 aromatic carbocycles. The summed E-state index contributed by atoms with van der Waals surface area (Å²) in [5.74, 6) is -0.464. The minimum Gasteiger partial charge on any atom is -0.326 e. The van der Waals surface area contributed by atoms with Crippen LogP contribution in [0.2, 0.25) is 0 Å². The Bertz CT molecular complexity index is 1540. The van der Waals surface area contributed by atoms with E-state index >= 15 is 0 Å². The number of fused-ring (bicyclic) bond motifs is 1. The summed E-state index contributed by atoms with van der Waals surface area (Å²) in [6.07, 6.45) is 1.68. The van der Waals surface area contributed by atoms with Crippen LogP contribution in [0, 0.1) is 33.6 Å². The predicted octanol–water partition coefficient (Wildman–Crippen LogP) is 3.75. The number of nitrogens with zero attached hydrogens (tertiary/aromatic N) is 4. The van der Waals surface area contributed by atoms with Gasteiger partial charge in [0.25, 0.3) is 0 Å². The molecule has 0 aliphatic carbocycles. The van der Waals surface area contributed by atoms with Crippen molar-refractivity contribution >= 4 is 33.2 Å². The highest BCUT2D eigenvalue weighted by Crippen LogP contribution is 2.30. The summed E-state index contributed by atoms with van der Waals surface area (Å²) < 4.78 is 30.3. The standard InChI is InChI=1S/C29H35N5O4S/c1-19-9-10-25(20(2)17-19)30-29(36)24-11-14-32(15-12-24)39(37,38)28-21(3)31-34(22(28)4)18-27(35)33-16-13-23-7-5-6-8-26(23)33/h5-10,17,24H,11-16,18H2,1-4H3,(H,30,36). The molecule has 3 heterocycles. The lowest BCUT2D eigenvalue weighted by molar-refractivity contribution is -0.121. The Kier molecular flexibility index (Phi) is 7.35. The van der Waals surface area contributed by atoms with E-state index in [1.165, 1.54) is 8.99 Å². The van der Waals surface area contributed by atoms with Crippen molar-refractivity contribution in [1.82, 2.24) is 14.1 Å². The first kappa shape index (κ1) is 27.1. The molecule has 10 heteroatoms. The first-order chi connectivity index (χ1) is 18.6. The van der Waals surface area contributed by atoms with Crippen LogP contribution in [-0.4, -0.2) is 54.0 Å². The summed E-state index contributed by atoms with van der Waals surface area (Å²) in [7, 11) is -3.83. The molecule has 3 aromatic rings. The molecule has 1 N–H and O–H groups in total. The molecule has 9 nitrogen and oxygen atoms in total. The molecule has 2 aliphatic heterocycles. The summed E-state index contributed by atoms with van der Waals surface area (Å²) in [6, 6.07) is 13.7. The summed E-state index contributed by atoms with van der Waals surface area (Å²) >= 11 is 0. The van der Waals surface area contributed by atoms with Crippen molar-refractivity contribution in [2.75, 3.05) is 29.9 Å². The van der Waals surface area contributed by atoms with E-state index in [0.717, 1.165) is 34.5 Å². The summed E-state index contributed by atoms with van der Waals surface area (Å²) in [5.41, 5.74) is 5.77. The van der Waals surface area contributed by atoms with E-state index in [9.17, 15) is 18.0 Å². The van der Waals surface area contributed by atoms with Crippen molar-refractivity contribution in [3.63, 3.8) is 0 Å². The van der Waals surface area contributed by atoms with Gasteiger partial charge in [0.15, 0.2) is 0 Å². The molecule has 5 rings (SSSR count). The largest absolute Gasteiger partial charge is 0.326 e. The first-order valence-corrected chi connectivity index (χ1v) is 14.8. The fourth-order valence-electron chi connectivity index (χ4n) is 5.69. The normalized spacial score (nSPS) is 16.4. The Morgan fingerprint density at radius 3 is 2.44 bits per heavy atom. The lowest BCUT2D eigenvalue weighted by Gasteiger charge is -2.30. The van der Waals surface area contributed by atoms with E-state index in [0.29, 0.717) is 30.8 Å². The van der Waals surface area contributed by atoms with Gasteiger partial charge >= 0.3 is 0 Å². The molecule has 0 radical (unpaired) electrons. The molecule has 2 aliphatic rings. The fraction of sp³-hybridized carbons (Fsp3) is 0.414. The summed E-state index contributed by atoms with van der Waals surface area (Å²) in [6.45, 7) is 8.40. The zero-order valence-corrected chi connectivity index (χ0v) is 23.7. The molecule has 0 saturated carbocycles. The third-order valence-electron chi connectivity index (χ3n) is 7.85. The van der Waals surface area contributed by atoms with Gasteiger partial charge in [-0.2, -0.15) is 9.40 Å². The third-order valence-corrected chi connectivity index (χ3v) is 10.0. The Morgan fingerprint density at radius 1 is 1.00 bits per heavy atom. The molecule has 1 fully saturated rings. The van der Waals surface area contributed by atoms with Crippen LogP contribution in [-0.2, 0) is 32.6 Å². The number of hydrogen-bond acceptors (Lipinski definition) is 5. The highest BCUT2D eigenvalue weighted by atomic mass is 32.2. The molecule has 1 aromatic heterocycles. The third kappa shape index (κ3) is 5.23. The van der Waals surface area contributed by atoms with Gasteiger partial charge in [-0.15, -0.1) is 0 Å². The lowest BCUT2D eigenvalue weighted by atomic mass is 9.97. The Balaban J connectivity index is 1.25. The second-order valence-corrected chi connectivity index (χ2v) is 12.4. The Labute approximate surface area is 229 Å². The number of carbonyl (C=O) groups is 2. The van der Waals surface area contributed by atoms with Gasteiger partial charge in [-0.1, -0.05) is 35.9 Å². The number of aryl methyl sites for hydroxylation is 3. The van der Waals surface area contributed by atoms with Gasteiger partial charge in [-0.25, -0.2) is 8.42 Å². The van der Waals surface area contributed by atoms with Gasteiger partial charge in [-0.05, 0) is 70.2 Å². The minimum absolute atomic E-state index is 0.0306. The summed E-state index contributed by atoms with van der Waals surface area (Å²) in [5, 5.41) is 7.45. The zero-order chi connectivity index (χ0) is 27.9. The molecule has 1 saturated heterocycles. The van der Waals surface area contributed by atoms with Crippen LogP contribution in [0.5, 0.6) is 0 Å². The second-order valence-electron chi connectivity index (χ2n) is 10.6. The average Bonchev–Trinajstić information content (AvgIpc) is 3.46. The van der Waals surface area contributed by atoms with Gasteiger partial charge in [0.1, 0.15) is 11.4 Å². The monoisotopic (exact) mass is 549 g/mol. The van der Waals surface area contributed by atoms with Gasteiger partial charge < -0.3 is 10.2 Å². The summed E-state index contributed by atoms with van der Waals surface area (Å²) in [4.78, 5) is 27.9. The second kappa shape index (κ2) is 10.6. The van der Waals surface area contributed by atoms with E-state index in [2.05, 4.69) is 10.4 Å². The fourth-order valence-corrected chi connectivity index (χ4v) is 7.54. The maximum atomic E-state index is 13.7. The van der Waals surface area contributed by atoms with Gasteiger partial charge in [0.05, 0.1) is 11.4 Å². The van der Waals surface area contributed by atoms with E-state index in [1.54, 1.807) is 18.7 Å². The SMILES string of the molecule is Cc1ccc(NC(=O)C2CCN(S(=O)(=O)c3c(C)nn(CC(=O)N4CCc5ccccc54)c3C)CC2)c(C)c1. The predicted molar refractivity (Wildman–Crippen MR) is 150 cm³/mol. The number of hydrogen-bond donors (Lipinski definition) is 1. The maximum absolute atomic E-state index is 13.7. The molecule has 2 amide bonds. The van der Waals surface area contributed by atoms with Crippen molar-refractivity contribution in [2.24, 2.45) is 5.92 Å². The number of aromatic nitrogens is 2. The van der Waals surface area contributed by atoms with E-state index in [4.69, 9.17) is 0 Å². The molecule has 0 spiro atoms. The molecular weight excluding hydrogens is 514 g/mol. The lowest BCUT2D eigenvalue weighted by Crippen LogP contribution is -2.41. The van der Waals surface area contributed by atoms with Gasteiger partial charge in [-0.3, -0.25) is 14.3 Å². The van der Waals surface area contributed by atoms with Crippen molar-refractivity contribution in [1.29, 1.82) is 0 Å². The molecule has 0 unspecified atom stereocenters. The average molecular weight is 550 g/mol. The van der Waals surface area contributed by atoms with Gasteiger partial charge in [0, 0.05) is 36.9 Å². The van der Waals surface area contributed by atoms with Crippen LogP contribution >= 0.6 is 0 Å². The van der Waals surface area contributed by atoms with Crippen LogP contribution in [0.15, 0.2) is 47.4 Å². The topological polar surface area (TPSA) is 105 Å². The number of amides is 2. The van der Waals surface area contributed by atoms with E-state index in [-0.39, 0.29) is 42.3 Å². The van der Waals surface area contributed by atoms with Crippen molar-refractivity contribution in [3.8, 4) is 0 Å². The molecule has 39 heavy (non-hydrogen) atoms. The number of piperidine rings is 1. The first-order valence-electron chi connectivity index (χ1n) is 13.4. The minimum atomic E-state index is -3.83. The zero-order valence-electron chi connectivity index (χ0n) is 22.9. The van der Waals surface area contributed by atoms with Crippen molar-refractivity contribution in [3.05, 3.63) is 70.5 Å². The highest BCUT2D eigenvalue weighted by Gasteiger charge is 2.36. The van der Waals surface area contributed by atoms with Gasteiger partial charge in [0.2, 0.25) is 21.8 Å². The number of sulfonamides is 1. The Morgan fingerprint density at radius 2 is 1.72 bits per heavy atom. The molecular formula is C29H35N5O4S. The number of carbonyl (C=O) groups excluding carboxylic acids is 2. The highest BCUT2D eigenvalue weighted by molar-refractivity contribution is 7.89. The van der Waals surface area contributed by atoms with Crippen molar-refractivity contribution < 1.29 is 18.0 Å². The van der Waals surface area contributed by atoms with Crippen molar-refractivity contribution in [2.45, 2.75) is 58.4 Å². The van der Waals surface area contributed by atoms with Crippen LogP contribution in [0.1, 0.15) is 40.9 Å².